The molecule has 1 amide bonds. The fourth-order valence-corrected chi connectivity index (χ4v) is 3.76. The monoisotopic (exact) mass is 576 g/mol. The molecule has 0 spiro atoms. The second-order valence-electron chi connectivity index (χ2n) is 8.17. The Kier molecular flexibility index (Phi) is 7.82. The molecule has 0 saturated carbocycles. The molecule has 0 fully saturated rings. The average Bonchev–Trinajstić information content (AvgIpc) is 2.88. The number of carbonyl (C=O) groups is 2. The van der Waals surface area contributed by atoms with Crippen molar-refractivity contribution in [1.29, 1.82) is 0 Å². The Bertz CT molecular complexity index is 1640. The first-order valence-corrected chi connectivity index (χ1v) is 11.5. The SMILES string of the molecule is O=C(Oc1ccc(-c2ccc(F)cc2F)cc1C(=O)Nc1ccc([N+](=O)[O-])c(C(F)(F)F)c1)c1ccc(Cl)cc1. The highest BCUT2D eigenvalue weighted by atomic mass is 35.5. The summed E-state index contributed by atoms with van der Waals surface area (Å²) in [5.74, 6) is -4.18. The number of ether oxygens (including phenoxy) is 1. The van der Waals surface area contributed by atoms with Crippen molar-refractivity contribution < 1.29 is 41.2 Å². The van der Waals surface area contributed by atoms with Crippen LogP contribution in [0.25, 0.3) is 11.1 Å². The number of alkyl halides is 3. The summed E-state index contributed by atoms with van der Waals surface area (Å²) in [5.41, 5.74) is -3.72. The number of nitrogens with one attached hydrogen (secondary N) is 1. The number of hydrogen-bond donors (Lipinski definition) is 1. The van der Waals surface area contributed by atoms with Gasteiger partial charge >= 0.3 is 12.1 Å². The van der Waals surface area contributed by atoms with Crippen molar-refractivity contribution in [1.82, 2.24) is 0 Å². The first-order valence-electron chi connectivity index (χ1n) is 11.1. The van der Waals surface area contributed by atoms with Crippen LogP contribution in [0.2, 0.25) is 5.02 Å². The predicted molar refractivity (Wildman–Crippen MR) is 134 cm³/mol. The van der Waals surface area contributed by atoms with E-state index in [1.54, 1.807) is 0 Å². The van der Waals surface area contributed by atoms with E-state index in [-0.39, 0.29) is 22.4 Å². The minimum Gasteiger partial charge on any atom is -0.422 e. The Labute approximate surface area is 226 Å². The minimum absolute atomic E-state index is 0.0496. The number of nitro benzene ring substituents is 1. The number of rotatable bonds is 6. The summed E-state index contributed by atoms with van der Waals surface area (Å²) in [7, 11) is 0. The summed E-state index contributed by atoms with van der Waals surface area (Å²) in [4.78, 5) is 35.7. The largest absolute Gasteiger partial charge is 0.423 e. The molecule has 0 aliphatic carbocycles. The molecule has 204 valence electrons. The van der Waals surface area contributed by atoms with Crippen LogP contribution in [0.1, 0.15) is 26.3 Å². The zero-order valence-electron chi connectivity index (χ0n) is 19.8. The zero-order chi connectivity index (χ0) is 29.2. The van der Waals surface area contributed by atoms with E-state index >= 15 is 0 Å². The van der Waals surface area contributed by atoms with Crippen LogP contribution in [0.5, 0.6) is 5.75 Å². The maximum absolute atomic E-state index is 14.4. The number of esters is 1. The van der Waals surface area contributed by atoms with Gasteiger partial charge in [0.1, 0.15) is 22.9 Å². The molecule has 0 saturated heterocycles. The third-order valence-corrected chi connectivity index (χ3v) is 5.76. The van der Waals surface area contributed by atoms with Gasteiger partial charge in [-0.05, 0) is 66.2 Å². The molecule has 7 nitrogen and oxygen atoms in total. The quantitative estimate of drug-likeness (QED) is 0.0834. The van der Waals surface area contributed by atoms with Crippen molar-refractivity contribution in [3.05, 3.63) is 122 Å². The predicted octanol–water partition coefficient (Wildman–Crippen LogP) is 7.68. The third-order valence-electron chi connectivity index (χ3n) is 5.51. The molecule has 4 rings (SSSR count). The summed E-state index contributed by atoms with van der Waals surface area (Å²) in [6, 6.07) is 13.6. The molecule has 0 aliphatic rings. The van der Waals surface area contributed by atoms with Crippen molar-refractivity contribution in [3.8, 4) is 16.9 Å². The Morgan fingerprint density at radius 1 is 0.900 bits per heavy atom. The molecule has 1 N–H and O–H groups in total. The van der Waals surface area contributed by atoms with Gasteiger partial charge in [0.25, 0.3) is 11.6 Å². The van der Waals surface area contributed by atoms with Crippen LogP contribution >= 0.6 is 11.6 Å². The number of carbonyl (C=O) groups excluding carboxylic acids is 2. The first kappa shape index (κ1) is 28.2. The molecular formula is C27H14ClF5N2O5. The van der Waals surface area contributed by atoms with Gasteiger partial charge in [-0.15, -0.1) is 0 Å². The number of nitro groups is 1. The Morgan fingerprint density at radius 3 is 2.23 bits per heavy atom. The van der Waals surface area contributed by atoms with Crippen LogP contribution in [-0.2, 0) is 6.18 Å². The fraction of sp³-hybridized carbons (Fsp3) is 0.0370. The lowest BCUT2D eigenvalue weighted by atomic mass is 10.0. The number of hydrogen-bond acceptors (Lipinski definition) is 5. The molecule has 0 aromatic heterocycles. The van der Waals surface area contributed by atoms with Crippen molar-refractivity contribution in [2.45, 2.75) is 6.18 Å². The highest BCUT2D eigenvalue weighted by molar-refractivity contribution is 6.30. The molecule has 4 aromatic rings. The molecule has 0 aliphatic heterocycles. The lowest BCUT2D eigenvalue weighted by molar-refractivity contribution is -0.388. The van der Waals surface area contributed by atoms with Crippen molar-refractivity contribution in [3.63, 3.8) is 0 Å². The number of benzene rings is 4. The van der Waals surface area contributed by atoms with Gasteiger partial charge in [0.05, 0.1) is 16.1 Å². The maximum atomic E-state index is 14.4. The summed E-state index contributed by atoms with van der Waals surface area (Å²) >= 11 is 5.82. The van der Waals surface area contributed by atoms with E-state index in [9.17, 15) is 41.7 Å². The Morgan fingerprint density at radius 2 is 1.60 bits per heavy atom. The van der Waals surface area contributed by atoms with Crippen LogP contribution in [0.4, 0.5) is 33.3 Å². The molecule has 0 unspecified atom stereocenters. The van der Waals surface area contributed by atoms with E-state index in [2.05, 4.69) is 5.32 Å². The molecule has 0 bridgehead atoms. The standard InChI is InChI=1S/C27H14ClF5N2O5/c28-16-4-1-14(2-5-16)26(37)40-24-10-3-15(19-8-6-17(29)12-22(19)30)11-20(24)25(36)34-18-7-9-23(35(38)39)21(13-18)27(31,32)33/h1-13H,(H,34,36). The topological polar surface area (TPSA) is 98.5 Å². The van der Waals surface area contributed by atoms with E-state index in [4.69, 9.17) is 16.3 Å². The summed E-state index contributed by atoms with van der Waals surface area (Å²) < 4.78 is 73.4. The summed E-state index contributed by atoms with van der Waals surface area (Å²) in [6.45, 7) is 0. The molecule has 4 aromatic carbocycles. The summed E-state index contributed by atoms with van der Waals surface area (Å²) in [6.07, 6.45) is -5.11. The molecule has 0 atom stereocenters. The molecular weight excluding hydrogens is 563 g/mol. The highest BCUT2D eigenvalue weighted by Crippen LogP contribution is 2.38. The van der Waals surface area contributed by atoms with Crippen LogP contribution < -0.4 is 10.1 Å². The first-order chi connectivity index (χ1) is 18.8. The molecule has 0 heterocycles. The molecule has 40 heavy (non-hydrogen) atoms. The van der Waals surface area contributed by atoms with Gasteiger partial charge in [0.2, 0.25) is 0 Å². The van der Waals surface area contributed by atoms with Gasteiger partial charge in [-0.25, -0.2) is 13.6 Å². The number of halogens is 6. The van der Waals surface area contributed by atoms with E-state index in [1.165, 1.54) is 30.3 Å². The summed E-state index contributed by atoms with van der Waals surface area (Å²) in [5, 5.41) is 13.5. The second kappa shape index (κ2) is 11.1. The third kappa shape index (κ3) is 6.24. The molecule has 13 heteroatoms. The van der Waals surface area contributed by atoms with E-state index in [0.717, 1.165) is 30.3 Å². The lowest BCUT2D eigenvalue weighted by Gasteiger charge is -2.14. The average molecular weight is 577 g/mol. The van der Waals surface area contributed by atoms with E-state index in [0.29, 0.717) is 23.2 Å². The van der Waals surface area contributed by atoms with Crippen molar-refractivity contribution in [2.75, 3.05) is 5.32 Å². The minimum atomic E-state index is -5.11. The van der Waals surface area contributed by atoms with Crippen LogP contribution in [0.15, 0.2) is 78.9 Å². The number of amides is 1. The smallest absolute Gasteiger partial charge is 0.422 e. The highest BCUT2D eigenvalue weighted by Gasteiger charge is 2.38. The van der Waals surface area contributed by atoms with Gasteiger partial charge in [0.15, 0.2) is 0 Å². The zero-order valence-corrected chi connectivity index (χ0v) is 20.5. The van der Waals surface area contributed by atoms with Gasteiger partial charge in [0, 0.05) is 28.4 Å². The Balaban J connectivity index is 1.75. The van der Waals surface area contributed by atoms with Gasteiger partial charge in [-0.2, -0.15) is 13.2 Å². The Hall–Kier alpha value is -4.84. The van der Waals surface area contributed by atoms with Gasteiger partial charge < -0.3 is 10.1 Å². The van der Waals surface area contributed by atoms with Gasteiger partial charge in [-0.1, -0.05) is 17.7 Å². The lowest BCUT2D eigenvalue weighted by Crippen LogP contribution is -2.17. The van der Waals surface area contributed by atoms with Gasteiger partial charge in [-0.3, -0.25) is 14.9 Å². The van der Waals surface area contributed by atoms with Crippen LogP contribution in [-0.4, -0.2) is 16.8 Å². The van der Waals surface area contributed by atoms with E-state index < -0.39 is 57.1 Å². The number of anilines is 1. The normalized spacial score (nSPS) is 11.2. The number of nitrogens with zero attached hydrogens (tertiary/aromatic N) is 1. The second-order valence-corrected chi connectivity index (χ2v) is 8.61. The van der Waals surface area contributed by atoms with Crippen molar-refractivity contribution >= 4 is 34.9 Å². The maximum Gasteiger partial charge on any atom is 0.423 e. The fourth-order valence-electron chi connectivity index (χ4n) is 3.63. The van der Waals surface area contributed by atoms with Crippen LogP contribution in [0.3, 0.4) is 0 Å². The van der Waals surface area contributed by atoms with Crippen molar-refractivity contribution in [2.24, 2.45) is 0 Å². The molecule has 0 radical (unpaired) electrons. The van der Waals surface area contributed by atoms with E-state index in [1.807, 2.05) is 0 Å². The van der Waals surface area contributed by atoms with Crippen LogP contribution in [0, 0.1) is 21.7 Å².